The second-order valence-electron chi connectivity index (χ2n) is 7.11. The van der Waals surface area contributed by atoms with Crippen molar-refractivity contribution in [1.29, 1.82) is 0 Å². The molecule has 1 amide bonds. The maximum atomic E-state index is 12.6. The summed E-state index contributed by atoms with van der Waals surface area (Å²) < 4.78 is 0. The summed E-state index contributed by atoms with van der Waals surface area (Å²) in [5, 5.41) is 10.7. The molecule has 2 heterocycles. The third-order valence-electron chi connectivity index (χ3n) is 5.13. The molecular weight excluding hydrogens is 350 g/mol. The van der Waals surface area contributed by atoms with Crippen molar-refractivity contribution < 1.29 is 4.79 Å². The van der Waals surface area contributed by atoms with E-state index < -0.39 is 0 Å². The minimum Gasteiger partial charge on any atom is -0.349 e. The quantitative estimate of drug-likeness (QED) is 0.637. The zero-order valence-electron chi connectivity index (χ0n) is 16.0. The van der Waals surface area contributed by atoms with E-state index in [-0.39, 0.29) is 11.9 Å². The van der Waals surface area contributed by atoms with E-state index in [2.05, 4.69) is 38.9 Å². The predicted molar refractivity (Wildman–Crippen MR) is 112 cm³/mol. The Morgan fingerprint density at radius 1 is 1.18 bits per heavy atom. The Labute approximate surface area is 164 Å². The van der Waals surface area contributed by atoms with E-state index in [1.54, 1.807) is 0 Å². The molecule has 6 heteroatoms. The van der Waals surface area contributed by atoms with E-state index in [1.807, 2.05) is 42.6 Å². The number of carbonyl (C=O) groups excluding carboxylic acids is 1. The Hall–Kier alpha value is -2.99. The number of benzene rings is 2. The van der Waals surface area contributed by atoms with Gasteiger partial charge in [-0.3, -0.25) is 4.79 Å². The zero-order valence-corrected chi connectivity index (χ0v) is 16.0. The van der Waals surface area contributed by atoms with E-state index in [4.69, 9.17) is 0 Å². The molecule has 0 bridgehead atoms. The molecular formula is C22H25N5O. The average Bonchev–Trinajstić information content (AvgIpc) is 2.74. The standard InChI is InChI=1S/C22H25N5O/c1-2-15-5-3-7-17-14-24-22(27-20(15)17)26-19-8-4-6-16(13-19)21(28)25-18-9-11-23-12-10-18/h3-8,13-14,18,23H,2,9-12H2,1H3,(H,25,28)(H,24,26,27). The molecule has 0 unspecified atom stereocenters. The van der Waals surface area contributed by atoms with E-state index in [0.29, 0.717) is 11.5 Å². The molecule has 144 valence electrons. The molecule has 1 aliphatic heterocycles. The summed E-state index contributed by atoms with van der Waals surface area (Å²) in [4.78, 5) is 21.7. The predicted octanol–water partition coefficient (Wildman–Crippen LogP) is 3.42. The second-order valence-corrected chi connectivity index (χ2v) is 7.11. The summed E-state index contributed by atoms with van der Waals surface area (Å²) >= 11 is 0. The molecule has 0 atom stereocenters. The molecule has 1 fully saturated rings. The molecule has 1 aliphatic rings. The van der Waals surface area contributed by atoms with E-state index in [0.717, 1.165) is 48.9 Å². The largest absolute Gasteiger partial charge is 0.349 e. The van der Waals surface area contributed by atoms with Crippen molar-refractivity contribution in [2.75, 3.05) is 18.4 Å². The summed E-state index contributed by atoms with van der Waals surface area (Å²) in [5.41, 5.74) is 3.59. The first-order chi connectivity index (χ1) is 13.7. The molecule has 6 nitrogen and oxygen atoms in total. The van der Waals surface area contributed by atoms with Gasteiger partial charge in [-0.15, -0.1) is 0 Å². The number of nitrogens with one attached hydrogen (secondary N) is 3. The number of piperidine rings is 1. The average molecular weight is 375 g/mol. The molecule has 4 rings (SSSR count). The van der Waals surface area contributed by atoms with E-state index in [1.165, 1.54) is 5.56 Å². The SMILES string of the molecule is CCc1cccc2cnc(Nc3cccc(C(=O)NC4CCNCC4)c3)nc12. The van der Waals surface area contributed by atoms with Crippen LogP contribution in [0.4, 0.5) is 11.6 Å². The second kappa shape index (κ2) is 8.35. The Balaban J connectivity index is 1.51. The van der Waals surface area contributed by atoms with Crippen LogP contribution in [0.25, 0.3) is 10.9 Å². The number of hydrogen-bond donors (Lipinski definition) is 3. The molecule has 0 radical (unpaired) electrons. The van der Waals surface area contributed by atoms with Gasteiger partial charge in [-0.05, 0) is 56.1 Å². The van der Waals surface area contributed by atoms with Gasteiger partial charge in [-0.2, -0.15) is 0 Å². The highest BCUT2D eigenvalue weighted by Gasteiger charge is 2.16. The van der Waals surface area contributed by atoms with Crippen LogP contribution in [-0.2, 0) is 6.42 Å². The third kappa shape index (κ3) is 4.12. The number of fused-ring (bicyclic) bond motifs is 1. The highest BCUT2D eigenvalue weighted by atomic mass is 16.1. The number of carbonyl (C=O) groups is 1. The highest BCUT2D eigenvalue weighted by molar-refractivity contribution is 5.95. The Morgan fingerprint density at radius 2 is 2.00 bits per heavy atom. The summed E-state index contributed by atoms with van der Waals surface area (Å²) in [6, 6.07) is 13.8. The highest BCUT2D eigenvalue weighted by Crippen LogP contribution is 2.20. The molecule has 0 aliphatic carbocycles. The third-order valence-corrected chi connectivity index (χ3v) is 5.13. The Bertz CT molecular complexity index is 982. The van der Waals surface area contributed by atoms with Gasteiger partial charge in [0.1, 0.15) is 0 Å². The fraction of sp³-hybridized carbons (Fsp3) is 0.318. The summed E-state index contributed by atoms with van der Waals surface area (Å²) in [6.07, 6.45) is 4.68. The van der Waals surface area contributed by atoms with E-state index in [9.17, 15) is 4.79 Å². The van der Waals surface area contributed by atoms with Gasteiger partial charge >= 0.3 is 0 Å². The number of amides is 1. The van der Waals surface area contributed by atoms with Crippen LogP contribution in [0.3, 0.4) is 0 Å². The Kier molecular flexibility index (Phi) is 5.48. The van der Waals surface area contributed by atoms with Crippen molar-refractivity contribution >= 4 is 28.4 Å². The van der Waals surface area contributed by atoms with Crippen molar-refractivity contribution in [3.63, 3.8) is 0 Å². The normalized spacial score (nSPS) is 14.8. The summed E-state index contributed by atoms with van der Waals surface area (Å²) in [6.45, 7) is 4.02. The molecule has 0 spiro atoms. The van der Waals surface area contributed by atoms with Crippen LogP contribution in [0.15, 0.2) is 48.7 Å². The monoisotopic (exact) mass is 375 g/mol. The number of aromatic nitrogens is 2. The van der Waals surface area contributed by atoms with Crippen LogP contribution < -0.4 is 16.0 Å². The van der Waals surface area contributed by atoms with Crippen molar-refractivity contribution in [3.8, 4) is 0 Å². The maximum absolute atomic E-state index is 12.6. The lowest BCUT2D eigenvalue weighted by Gasteiger charge is -2.23. The van der Waals surface area contributed by atoms with Gasteiger partial charge in [0.15, 0.2) is 0 Å². The fourth-order valence-electron chi connectivity index (χ4n) is 3.56. The van der Waals surface area contributed by atoms with Crippen molar-refractivity contribution in [3.05, 3.63) is 59.8 Å². The lowest BCUT2D eigenvalue weighted by molar-refractivity contribution is 0.0929. The smallest absolute Gasteiger partial charge is 0.251 e. The summed E-state index contributed by atoms with van der Waals surface area (Å²) in [5.74, 6) is 0.493. The lowest BCUT2D eigenvalue weighted by atomic mass is 10.1. The minimum absolute atomic E-state index is 0.0387. The van der Waals surface area contributed by atoms with Gasteiger partial charge in [0.05, 0.1) is 5.52 Å². The molecule has 3 aromatic rings. The first kappa shape index (κ1) is 18.4. The van der Waals surface area contributed by atoms with Gasteiger partial charge in [-0.25, -0.2) is 9.97 Å². The topological polar surface area (TPSA) is 78.9 Å². The molecule has 3 N–H and O–H groups in total. The molecule has 1 aromatic heterocycles. The number of para-hydroxylation sites is 1. The number of anilines is 2. The molecule has 0 saturated carbocycles. The molecule has 1 saturated heterocycles. The van der Waals surface area contributed by atoms with Gasteiger partial charge in [0.2, 0.25) is 5.95 Å². The summed E-state index contributed by atoms with van der Waals surface area (Å²) in [7, 11) is 0. The molecule has 28 heavy (non-hydrogen) atoms. The van der Waals surface area contributed by atoms with E-state index >= 15 is 0 Å². The number of rotatable bonds is 5. The van der Waals surface area contributed by atoms with Crippen molar-refractivity contribution in [2.45, 2.75) is 32.2 Å². The van der Waals surface area contributed by atoms with Crippen LogP contribution in [0, 0.1) is 0 Å². The first-order valence-corrected chi connectivity index (χ1v) is 9.86. The number of hydrogen-bond acceptors (Lipinski definition) is 5. The molecule has 2 aromatic carbocycles. The fourth-order valence-corrected chi connectivity index (χ4v) is 3.56. The van der Waals surface area contributed by atoms with Gasteiger partial charge in [0.25, 0.3) is 5.91 Å². The van der Waals surface area contributed by atoms with Crippen LogP contribution >= 0.6 is 0 Å². The van der Waals surface area contributed by atoms with Gasteiger partial charge < -0.3 is 16.0 Å². The van der Waals surface area contributed by atoms with Crippen LogP contribution in [0.1, 0.15) is 35.7 Å². The number of aryl methyl sites for hydroxylation is 1. The Morgan fingerprint density at radius 3 is 2.82 bits per heavy atom. The van der Waals surface area contributed by atoms with Gasteiger partial charge in [-0.1, -0.05) is 31.2 Å². The maximum Gasteiger partial charge on any atom is 0.251 e. The first-order valence-electron chi connectivity index (χ1n) is 9.86. The van der Waals surface area contributed by atoms with Crippen LogP contribution in [-0.4, -0.2) is 35.0 Å². The lowest BCUT2D eigenvalue weighted by Crippen LogP contribution is -2.42. The zero-order chi connectivity index (χ0) is 19.3. The van der Waals surface area contributed by atoms with Crippen molar-refractivity contribution in [1.82, 2.24) is 20.6 Å². The van der Waals surface area contributed by atoms with Crippen LogP contribution in [0.2, 0.25) is 0 Å². The van der Waals surface area contributed by atoms with Crippen LogP contribution in [0.5, 0.6) is 0 Å². The minimum atomic E-state index is -0.0387. The number of nitrogens with zero attached hydrogens (tertiary/aromatic N) is 2. The van der Waals surface area contributed by atoms with Crippen molar-refractivity contribution in [2.24, 2.45) is 0 Å². The van der Waals surface area contributed by atoms with Gasteiger partial charge in [0, 0.05) is 28.9 Å².